The Morgan fingerprint density at radius 3 is 2.79 bits per heavy atom. The number of ether oxygens (including phenoxy) is 2. The normalized spacial score (nSPS) is 10.7. The third-order valence-corrected chi connectivity index (χ3v) is 5.27. The SMILES string of the molecule is C=CCOc1c(Br)cc(/C=N\NC(=O)CCSc2ccc(Cl)cc2)cc1OC. The summed E-state index contributed by atoms with van der Waals surface area (Å²) in [6.07, 6.45) is 3.56. The van der Waals surface area contributed by atoms with Gasteiger partial charge in [0.15, 0.2) is 11.5 Å². The number of rotatable bonds is 10. The lowest BCUT2D eigenvalue weighted by molar-refractivity contribution is -0.120. The van der Waals surface area contributed by atoms with Crippen LogP contribution in [0.3, 0.4) is 0 Å². The summed E-state index contributed by atoms with van der Waals surface area (Å²) in [5, 5.41) is 4.70. The van der Waals surface area contributed by atoms with Crippen LogP contribution in [0.25, 0.3) is 0 Å². The molecule has 1 amide bonds. The Morgan fingerprint density at radius 1 is 1.36 bits per heavy atom. The summed E-state index contributed by atoms with van der Waals surface area (Å²) in [4.78, 5) is 13.0. The first-order chi connectivity index (χ1) is 13.5. The van der Waals surface area contributed by atoms with Gasteiger partial charge in [0.2, 0.25) is 5.91 Å². The molecule has 5 nitrogen and oxygen atoms in total. The molecule has 0 spiro atoms. The number of carbonyl (C=O) groups is 1. The molecule has 8 heteroatoms. The number of hydrazone groups is 1. The molecule has 0 heterocycles. The lowest BCUT2D eigenvalue weighted by atomic mass is 10.2. The van der Waals surface area contributed by atoms with Crippen LogP contribution in [0.2, 0.25) is 5.02 Å². The fourth-order valence-electron chi connectivity index (χ4n) is 2.12. The second-order valence-corrected chi connectivity index (χ2v) is 7.94. The average Bonchev–Trinajstić information content (AvgIpc) is 2.68. The Kier molecular flexibility index (Phi) is 9.40. The third-order valence-electron chi connectivity index (χ3n) is 3.41. The molecule has 0 aliphatic rings. The van der Waals surface area contributed by atoms with Gasteiger partial charge >= 0.3 is 0 Å². The molecular formula is C20H20BrClN2O3S. The number of carbonyl (C=O) groups excluding carboxylic acids is 1. The van der Waals surface area contributed by atoms with Gasteiger partial charge in [0.25, 0.3) is 0 Å². The van der Waals surface area contributed by atoms with E-state index in [1.54, 1.807) is 37.2 Å². The Morgan fingerprint density at radius 2 is 2.11 bits per heavy atom. The lowest BCUT2D eigenvalue weighted by Crippen LogP contribution is -2.17. The van der Waals surface area contributed by atoms with Gasteiger partial charge in [-0.15, -0.1) is 11.8 Å². The maximum atomic E-state index is 11.9. The summed E-state index contributed by atoms with van der Waals surface area (Å²) in [5.74, 6) is 1.64. The third kappa shape index (κ3) is 7.22. The number of hydrogen-bond donors (Lipinski definition) is 1. The average molecular weight is 484 g/mol. The summed E-state index contributed by atoms with van der Waals surface area (Å²) in [6.45, 7) is 4.00. The largest absolute Gasteiger partial charge is 0.493 e. The Labute approximate surface area is 182 Å². The molecule has 148 valence electrons. The molecule has 0 saturated carbocycles. The molecule has 0 fully saturated rings. The van der Waals surface area contributed by atoms with Gasteiger partial charge < -0.3 is 9.47 Å². The van der Waals surface area contributed by atoms with E-state index < -0.39 is 0 Å². The number of hydrogen-bond acceptors (Lipinski definition) is 5. The molecule has 0 aliphatic carbocycles. The maximum Gasteiger partial charge on any atom is 0.240 e. The van der Waals surface area contributed by atoms with Gasteiger partial charge in [-0.05, 0) is 57.9 Å². The van der Waals surface area contributed by atoms with Gasteiger partial charge in [-0.3, -0.25) is 4.79 Å². The molecule has 0 saturated heterocycles. The number of amides is 1. The highest BCUT2D eigenvalue weighted by Crippen LogP contribution is 2.36. The van der Waals surface area contributed by atoms with Gasteiger partial charge in [0.05, 0.1) is 17.8 Å². The number of thioether (sulfide) groups is 1. The number of nitrogens with zero attached hydrogens (tertiary/aromatic N) is 1. The molecule has 0 aliphatic heterocycles. The van der Waals surface area contributed by atoms with Crippen molar-refractivity contribution in [3.05, 3.63) is 64.1 Å². The van der Waals surface area contributed by atoms with E-state index in [2.05, 4.69) is 33.0 Å². The Balaban J connectivity index is 1.85. The summed E-state index contributed by atoms with van der Waals surface area (Å²) in [5.41, 5.74) is 3.28. The molecule has 0 aromatic heterocycles. The second kappa shape index (κ2) is 11.8. The van der Waals surface area contributed by atoms with E-state index in [0.717, 1.165) is 14.9 Å². The zero-order chi connectivity index (χ0) is 20.4. The summed E-state index contributed by atoms with van der Waals surface area (Å²) < 4.78 is 11.6. The second-order valence-electron chi connectivity index (χ2n) is 5.48. The fourth-order valence-corrected chi connectivity index (χ4v) is 3.68. The van der Waals surface area contributed by atoms with Gasteiger partial charge in [-0.25, -0.2) is 5.43 Å². The molecular weight excluding hydrogens is 464 g/mol. The minimum Gasteiger partial charge on any atom is -0.493 e. The van der Waals surface area contributed by atoms with E-state index in [-0.39, 0.29) is 5.91 Å². The van der Waals surface area contributed by atoms with Crippen LogP contribution < -0.4 is 14.9 Å². The van der Waals surface area contributed by atoms with Crippen LogP contribution in [0.5, 0.6) is 11.5 Å². The zero-order valence-electron chi connectivity index (χ0n) is 15.3. The van der Waals surface area contributed by atoms with Crippen molar-refractivity contribution in [2.24, 2.45) is 5.10 Å². The number of benzene rings is 2. The van der Waals surface area contributed by atoms with Crippen LogP contribution in [-0.4, -0.2) is 31.6 Å². The summed E-state index contributed by atoms with van der Waals surface area (Å²) in [6, 6.07) is 11.1. The van der Waals surface area contributed by atoms with Crippen LogP contribution in [0.4, 0.5) is 0 Å². The minimum absolute atomic E-state index is 0.158. The molecule has 28 heavy (non-hydrogen) atoms. The first-order valence-electron chi connectivity index (χ1n) is 8.35. The molecule has 2 rings (SSSR count). The first kappa shape index (κ1) is 22.3. The predicted molar refractivity (Wildman–Crippen MR) is 119 cm³/mol. The Bertz CT molecular complexity index is 844. The molecule has 0 radical (unpaired) electrons. The molecule has 2 aromatic rings. The monoisotopic (exact) mass is 482 g/mol. The van der Waals surface area contributed by atoms with E-state index in [9.17, 15) is 4.79 Å². The van der Waals surface area contributed by atoms with E-state index >= 15 is 0 Å². The molecule has 2 aromatic carbocycles. The summed E-state index contributed by atoms with van der Waals surface area (Å²) in [7, 11) is 1.56. The zero-order valence-corrected chi connectivity index (χ0v) is 18.4. The van der Waals surface area contributed by atoms with Crippen molar-refractivity contribution >= 4 is 51.4 Å². The van der Waals surface area contributed by atoms with E-state index in [0.29, 0.717) is 35.3 Å². The quantitative estimate of drug-likeness (QED) is 0.215. The van der Waals surface area contributed by atoms with Crippen molar-refractivity contribution in [2.45, 2.75) is 11.3 Å². The van der Waals surface area contributed by atoms with Gasteiger partial charge in [-0.1, -0.05) is 24.3 Å². The first-order valence-corrected chi connectivity index (χ1v) is 10.5. The van der Waals surface area contributed by atoms with Crippen LogP contribution in [-0.2, 0) is 4.79 Å². The van der Waals surface area contributed by atoms with Crippen molar-refractivity contribution in [3.8, 4) is 11.5 Å². The van der Waals surface area contributed by atoms with Crippen LogP contribution in [0.15, 0.2) is 63.5 Å². The van der Waals surface area contributed by atoms with Gasteiger partial charge in [-0.2, -0.15) is 5.10 Å². The van der Waals surface area contributed by atoms with Crippen molar-refractivity contribution in [3.63, 3.8) is 0 Å². The van der Waals surface area contributed by atoms with Gasteiger partial charge in [0.1, 0.15) is 6.61 Å². The van der Waals surface area contributed by atoms with E-state index in [4.69, 9.17) is 21.1 Å². The Hall–Kier alpha value is -1.96. The van der Waals surface area contributed by atoms with Crippen molar-refractivity contribution in [2.75, 3.05) is 19.5 Å². The summed E-state index contributed by atoms with van der Waals surface area (Å²) >= 11 is 10.9. The van der Waals surface area contributed by atoms with Crippen molar-refractivity contribution in [1.82, 2.24) is 5.43 Å². The van der Waals surface area contributed by atoms with Crippen molar-refractivity contribution in [1.29, 1.82) is 0 Å². The molecule has 1 N–H and O–H groups in total. The van der Waals surface area contributed by atoms with Gasteiger partial charge in [0, 0.05) is 22.1 Å². The minimum atomic E-state index is -0.158. The number of halogens is 2. The van der Waals surface area contributed by atoms with E-state index in [1.165, 1.54) is 0 Å². The predicted octanol–water partition coefficient (Wildman–Crippen LogP) is 5.31. The molecule has 0 bridgehead atoms. The maximum absolute atomic E-state index is 11.9. The van der Waals surface area contributed by atoms with Crippen LogP contribution in [0, 0.1) is 0 Å². The smallest absolute Gasteiger partial charge is 0.240 e. The lowest BCUT2D eigenvalue weighted by Gasteiger charge is -2.12. The highest BCUT2D eigenvalue weighted by Gasteiger charge is 2.10. The van der Waals surface area contributed by atoms with Crippen molar-refractivity contribution < 1.29 is 14.3 Å². The number of nitrogens with one attached hydrogen (secondary N) is 1. The van der Waals surface area contributed by atoms with Crippen LogP contribution >= 0.6 is 39.3 Å². The fraction of sp³-hybridized carbons (Fsp3) is 0.200. The molecule has 0 atom stereocenters. The highest BCUT2D eigenvalue weighted by molar-refractivity contribution is 9.10. The van der Waals surface area contributed by atoms with Crippen LogP contribution in [0.1, 0.15) is 12.0 Å². The standard InChI is InChI=1S/C20H20BrClN2O3S/c1-3-9-27-20-17(21)11-14(12-18(20)26-2)13-23-24-19(25)8-10-28-16-6-4-15(22)5-7-16/h3-7,11-13H,1,8-10H2,2H3,(H,24,25)/b23-13-. The topological polar surface area (TPSA) is 59.9 Å². The van der Waals surface area contributed by atoms with E-state index in [1.807, 2.05) is 30.3 Å². The number of methoxy groups -OCH3 is 1. The molecule has 0 unspecified atom stereocenters. The highest BCUT2D eigenvalue weighted by atomic mass is 79.9.